The monoisotopic (exact) mass is 316 g/mol. The SMILES string of the molecule is C=CCc1cc(C=NNc2ccc(Cl)cc2)cc(OC)c1O. The van der Waals surface area contributed by atoms with Gasteiger partial charge in [0.15, 0.2) is 11.5 Å². The number of hydrazone groups is 1. The smallest absolute Gasteiger partial charge is 0.161 e. The number of benzene rings is 2. The lowest BCUT2D eigenvalue weighted by atomic mass is 10.1. The number of ether oxygens (including phenoxy) is 1. The quantitative estimate of drug-likeness (QED) is 0.476. The Morgan fingerprint density at radius 2 is 2.05 bits per heavy atom. The van der Waals surface area contributed by atoms with Crippen LogP contribution in [0.2, 0.25) is 5.02 Å². The standard InChI is InChI=1S/C17H17ClN2O2/c1-3-4-13-9-12(10-16(22-2)17(13)21)11-19-20-15-7-5-14(18)6-8-15/h3,5-11,20-21H,1,4H2,2H3. The van der Waals surface area contributed by atoms with Gasteiger partial charge in [0, 0.05) is 10.6 Å². The Morgan fingerprint density at radius 3 is 2.68 bits per heavy atom. The fourth-order valence-electron chi connectivity index (χ4n) is 1.94. The zero-order valence-corrected chi connectivity index (χ0v) is 13.0. The molecule has 0 unspecified atom stereocenters. The molecule has 0 aliphatic carbocycles. The molecule has 0 heterocycles. The summed E-state index contributed by atoms with van der Waals surface area (Å²) in [5.41, 5.74) is 5.29. The van der Waals surface area contributed by atoms with E-state index < -0.39 is 0 Å². The van der Waals surface area contributed by atoms with Crippen molar-refractivity contribution in [3.63, 3.8) is 0 Å². The fraction of sp³-hybridized carbons (Fsp3) is 0.118. The van der Waals surface area contributed by atoms with E-state index in [1.807, 2.05) is 18.2 Å². The minimum Gasteiger partial charge on any atom is -0.504 e. The summed E-state index contributed by atoms with van der Waals surface area (Å²) in [6, 6.07) is 10.8. The van der Waals surface area contributed by atoms with Gasteiger partial charge in [-0.05, 0) is 48.4 Å². The molecule has 0 aromatic heterocycles. The topological polar surface area (TPSA) is 53.9 Å². The molecule has 0 bridgehead atoms. The highest BCUT2D eigenvalue weighted by Gasteiger charge is 2.08. The molecule has 4 nitrogen and oxygen atoms in total. The Morgan fingerprint density at radius 1 is 1.32 bits per heavy atom. The molecule has 2 rings (SSSR count). The molecular formula is C17H17ClN2O2. The number of allylic oxidation sites excluding steroid dienone is 1. The number of phenols is 1. The van der Waals surface area contributed by atoms with E-state index in [9.17, 15) is 5.11 Å². The lowest BCUT2D eigenvalue weighted by Crippen LogP contribution is -1.95. The largest absolute Gasteiger partial charge is 0.504 e. The minimum atomic E-state index is 0.130. The number of hydrogen-bond donors (Lipinski definition) is 2. The van der Waals surface area contributed by atoms with Crippen LogP contribution in [-0.2, 0) is 6.42 Å². The van der Waals surface area contributed by atoms with Crippen molar-refractivity contribution in [3.8, 4) is 11.5 Å². The summed E-state index contributed by atoms with van der Waals surface area (Å²) in [6.07, 6.45) is 3.93. The summed E-state index contributed by atoms with van der Waals surface area (Å²) >= 11 is 5.83. The van der Waals surface area contributed by atoms with Crippen LogP contribution in [0, 0.1) is 0 Å². The first-order valence-corrected chi connectivity index (χ1v) is 7.07. The van der Waals surface area contributed by atoms with E-state index in [-0.39, 0.29) is 5.75 Å². The van der Waals surface area contributed by atoms with Crippen molar-refractivity contribution in [3.05, 3.63) is 65.2 Å². The molecule has 0 atom stereocenters. The predicted molar refractivity (Wildman–Crippen MR) is 91.2 cm³/mol. The van der Waals surface area contributed by atoms with Crippen molar-refractivity contribution in [2.24, 2.45) is 5.10 Å². The summed E-state index contributed by atoms with van der Waals surface area (Å²) in [5, 5.41) is 14.9. The Hall–Kier alpha value is -2.46. The van der Waals surface area contributed by atoms with Gasteiger partial charge in [-0.15, -0.1) is 6.58 Å². The second kappa shape index (κ2) is 7.52. The highest BCUT2D eigenvalue weighted by Crippen LogP contribution is 2.31. The van der Waals surface area contributed by atoms with Crippen LogP contribution >= 0.6 is 11.6 Å². The van der Waals surface area contributed by atoms with E-state index in [4.69, 9.17) is 16.3 Å². The number of anilines is 1. The average Bonchev–Trinajstić information content (AvgIpc) is 2.52. The summed E-state index contributed by atoms with van der Waals surface area (Å²) in [5.74, 6) is 0.539. The molecule has 2 aromatic carbocycles. The van der Waals surface area contributed by atoms with E-state index in [2.05, 4.69) is 17.1 Å². The van der Waals surface area contributed by atoms with Gasteiger partial charge in [-0.3, -0.25) is 5.43 Å². The highest BCUT2D eigenvalue weighted by molar-refractivity contribution is 6.30. The van der Waals surface area contributed by atoms with Crippen LogP contribution in [0.15, 0.2) is 54.2 Å². The molecule has 2 N–H and O–H groups in total. The zero-order chi connectivity index (χ0) is 15.9. The second-order valence-electron chi connectivity index (χ2n) is 4.60. The molecule has 22 heavy (non-hydrogen) atoms. The first kappa shape index (κ1) is 15.9. The van der Waals surface area contributed by atoms with Gasteiger partial charge in [-0.25, -0.2) is 0 Å². The maximum Gasteiger partial charge on any atom is 0.161 e. The summed E-state index contributed by atoms with van der Waals surface area (Å²) in [7, 11) is 1.51. The summed E-state index contributed by atoms with van der Waals surface area (Å²) < 4.78 is 5.17. The van der Waals surface area contributed by atoms with Gasteiger partial charge in [0.2, 0.25) is 0 Å². The van der Waals surface area contributed by atoms with Crippen LogP contribution < -0.4 is 10.2 Å². The van der Waals surface area contributed by atoms with Gasteiger partial charge in [0.05, 0.1) is 19.0 Å². The van der Waals surface area contributed by atoms with Crippen LogP contribution in [0.5, 0.6) is 11.5 Å². The summed E-state index contributed by atoms with van der Waals surface area (Å²) in [4.78, 5) is 0. The van der Waals surface area contributed by atoms with E-state index in [1.165, 1.54) is 7.11 Å². The molecule has 2 aromatic rings. The van der Waals surface area contributed by atoms with Crippen molar-refractivity contribution in [2.45, 2.75) is 6.42 Å². The molecule has 0 saturated heterocycles. The molecule has 0 saturated carbocycles. The van der Waals surface area contributed by atoms with Gasteiger partial charge < -0.3 is 9.84 Å². The van der Waals surface area contributed by atoms with E-state index in [1.54, 1.807) is 30.5 Å². The number of nitrogens with one attached hydrogen (secondary N) is 1. The van der Waals surface area contributed by atoms with Crippen LogP contribution in [0.4, 0.5) is 5.69 Å². The molecule has 0 spiro atoms. The number of halogens is 1. The average molecular weight is 317 g/mol. The number of nitrogens with zero attached hydrogens (tertiary/aromatic N) is 1. The number of methoxy groups -OCH3 is 1. The first-order valence-electron chi connectivity index (χ1n) is 6.69. The Balaban J connectivity index is 2.17. The molecule has 0 radical (unpaired) electrons. The zero-order valence-electron chi connectivity index (χ0n) is 12.2. The maximum absolute atomic E-state index is 10.0. The number of rotatable bonds is 6. The van der Waals surface area contributed by atoms with Crippen LogP contribution in [0.25, 0.3) is 0 Å². The Bertz CT molecular complexity index is 682. The Kier molecular flexibility index (Phi) is 5.44. The van der Waals surface area contributed by atoms with Gasteiger partial charge in [-0.2, -0.15) is 5.10 Å². The van der Waals surface area contributed by atoms with Gasteiger partial charge >= 0.3 is 0 Å². The predicted octanol–water partition coefficient (Wildman–Crippen LogP) is 4.23. The molecule has 0 aliphatic heterocycles. The lowest BCUT2D eigenvalue weighted by molar-refractivity contribution is 0.371. The van der Waals surface area contributed by atoms with Crippen LogP contribution in [0.1, 0.15) is 11.1 Å². The highest BCUT2D eigenvalue weighted by atomic mass is 35.5. The number of hydrogen-bond acceptors (Lipinski definition) is 4. The van der Waals surface area contributed by atoms with Crippen LogP contribution in [-0.4, -0.2) is 18.4 Å². The van der Waals surface area contributed by atoms with E-state index in [0.29, 0.717) is 17.2 Å². The van der Waals surface area contributed by atoms with Crippen molar-refractivity contribution >= 4 is 23.5 Å². The van der Waals surface area contributed by atoms with Crippen molar-refractivity contribution in [2.75, 3.05) is 12.5 Å². The maximum atomic E-state index is 10.0. The van der Waals surface area contributed by atoms with E-state index >= 15 is 0 Å². The Labute approximate surface area is 134 Å². The molecule has 0 aliphatic rings. The number of aromatic hydroxyl groups is 1. The molecule has 5 heteroatoms. The van der Waals surface area contributed by atoms with Gasteiger partial charge in [0.1, 0.15) is 0 Å². The fourth-order valence-corrected chi connectivity index (χ4v) is 2.06. The molecule has 0 amide bonds. The lowest BCUT2D eigenvalue weighted by Gasteiger charge is -2.09. The third-order valence-electron chi connectivity index (χ3n) is 3.01. The van der Waals surface area contributed by atoms with Gasteiger partial charge in [-0.1, -0.05) is 17.7 Å². The number of phenolic OH excluding ortho intramolecular Hbond substituents is 1. The molecule has 0 fully saturated rings. The first-order chi connectivity index (χ1) is 10.6. The minimum absolute atomic E-state index is 0.130. The van der Waals surface area contributed by atoms with Crippen molar-refractivity contribution in [1.82, 2.24) is 0 Å². The third-order valence-corrected chi connectivity index (χ3v) is 3.26. The second-order valence-corrected chi connectivity index (χ2v) is 5.04. The molecule has 114 valence electrons. The van der Waals surface area contributed by atoms with Crippen molar-refractivity contribution < 1.29 is 9.84 Å². The van der Waals surface area contributed by atoms with Crippen LogP contribution in [0.3, 0.4) is 0 Å². The van der Waals surface area contributed by atoms with Crippen molar-refractivity contribution in [1.29, 1.82) is 0 Å². The third kappa shape index (κ3) is 4.02. The molecular weight excluding hydrogens is 300 g/mol. The van der Waals surface area contributed by atoms with Gasteiger partial charge in [0.25, 0.3) is 0 Å². The summed E-state index contributed by atoms with van der Waals surface area (Å²) in [6.45, 7) is 3.68. The van der Waals surface area contributed by atoms with E-state index in [0.717, 1.165) is 16.8 Å². The normalized spacial score (nSPS) is 10.6.